The van der Waals surface area contributed by atoms with Gasteiger partial charge < -0.3 is 24.6 Å². The maximum atomic E-state index is 5.35. The second-order valence-corrected chi connectivity index (χ2v) is 4.90. The monoisotopic (exact) mass is 327 g/mol. The molecule has 1 aromatic carbocycles. The molecule has 0 aliphatic heterocycles. The van der Waals surface area contributed by atoms with Gasteiger partial charge in [-0.15, -0.1) is 0 Å². The summed E-state index contributed by atoms with van der Waals surface area (Å²) in [5.41, 5.74) is 0.729. The molecular formula is C16H17N5O3. The normalized spacial score (nSPS) is 10.3. The first kappa shape index (κ1) is 15.6. The summed E-state index contributed by atoms with van der Waals surface area (Å²) in [7, 11) is 3.19. The molecule has 0 aliphatic carbocycles. The number of benzene rings is 1. The van der Waals surface area contributed by atoms with Crippen molar-refractivity contribution in [1.29, 1.82) is 0 Å². The summed E-state index contributed by atoms with van der Waals surface area (Å²) in [6.45, 7) is 1.82. The molecule has 3 rings (SSSR count). The molecule has 0 unspecified atom stereocenters. The van der Waals surface area contributed by atoms with Gasteiger partial charge in [0.2, 0.25) is 5.95 Å². The third kappa shape index (κ3) is 3.54. The molecule has 8 nitrogen and oxygen atoms in total. The Bertz CT molecular complexity index is 834. The Morgan fingerprint density at radius 1 is 1.00 bits per heavy atom. The molecule has 24 heavy (non-hydrogen) atoms. The Labute approximate surface area is 138 Å². The number of ether oxygens (including phenoxy) is 2. The fourth-order valence-corrected chi connectivity index (χ4v) is 2.07. The molecule has 0 saturated carbocycles. The molecule has 2 aromatic heterocycles. The van der Waals surface area contributed by atoms with Crippen molar-refractivity contribution in [2.75, 3.05) is 24.9 Å². The van der Waals surface area contributed by atoms with Crippen LogP contribution in [0.15, 0.2) is 41.1 Å². The Kier molecular flexibility index (Phi) is 4.46. The molecular weight excluding hydrogens is 310 g/mol. The lowest BCUT2D eigenvalue weighted by molar-refractivity contribution is 0.395. The summed E-state index contributed by atoms with van der Waals surface area (Å²) in [5, 5.41) is 10.0. The average molecular weight is 327 g/mol. The van der Waals surface area contributed by atoms with Gasteiger partial charge in [0.25, 0.3) is 0 Å². The van der Waals surface area contributed by atoms with Crippen molar-refractivity contribution in [3.63, 3.8) is 0 Å². The van der Waals surface area contributed by atoms with E-state index in [0.29, 0.717) is 34.8 Å². The van der Waals surface area contributed by atoms with E-state index >= 15 is 0 Å². The number of rotatable bonds is 6. The first-order valence-corrected chi connectivity index (χ1v) is 7.20. The van der Waals surface area contributed by atoms with Gasteiger partial charge in [0.1, 0.15) is 23.1 Å². The first-order valence-electron chi connectivity index (χ1n) is 7.20. The van der Waals surface area contributed by atoms with E-state index in [-0.39, 0.29) is 0 Å². The van der Waals surface area contributed by atoms with Crippen molar-refractivity contribution in [3.8, 4) is 11.5 Å². The summed E-state index contributed by atoms with van der Waals surface area (Å²) < 4.78 is 15.6. The lowest BCUT2D eigenvalue weighted by atomic mass is 10.2. The van der Waals surface area contributed by atoms with Crippen LogP contribution in [0.4, 0.5) is 23.3 Å². The summed E-state index contributed by atoms with van der Waals surface area (Å²) in [4.78, 5) is 8.60. The van der Waals surface area contributed by atoms with Gasteiger partial charge in [0, 0.05) is 18.3 Å². The highest BCUT2D eigenvalue weighted by Crippen LogP contribution is 2.30. The van der Waals surface area contributed by atoms with E-state index in [1.807, 2.05) is 19.1 Å². The van der Waals surface area contributed by atoms with Crippen molar-refractivity contribution in [2.24, 2.45) is 0 Å². The van der Waals surface area contributed by atoms with E-state index in [1.165, 1.54) is 0 Å². The molecule has 124 valence electrons. The molecule has 0 radical (unpaired) electrons. The van der Waals surface area contributed by atoms with E-state index in [0.717, 1.165) is 5.69 Å². The lowest BCUT2D eigenvalue weighted by Gasteiger charge is -2.12. The minimum atomic E-state index is 0.420. The van der Waals surface area contributed by atoms with Gasteiger partial charge in [-0.3, -0.25) is 0 Å². The van der Waals surface area contributed by atoms with Gasteiger partial charge >= 0.3 is 0 Å². The molecule has 3 aromatic rings. The number of nitrogens with one attached hydrogen (secondary N) is 2. The Hall–Kier alpha value is -3.29. The predicted octanol–water partition coefficient (Wildman–Crippen LogP) is 3.28. The highest BCUT2D eigenvalue weighted by molar-refractivity contribution is 5.65. The van der Waals surface area contributed by atoms with Crippen LogP contribution in [0.5, 0.6) is 11.5 Å². The molecule has 0 bridgehead atoms. The minimum absolute atomic E-state index is 0.420. The number of anilines is 4. The molecule has 0 spiro atoms. The van der Waals surface area contributed by atoms with Gasteiger partial charge in [-0.2, -0.15) is 4.98 Å². The summed E-state index contributed by atoms with van der Waals surface area (Å²) in [5.74, 6) is 3.64. The quantitative estimate of drug-likeness (QED) is 0.712. The summed E-state index contributed by atoms with van der Waals surface area (Å²) >= 11 is 0. The third-order valence-corrected chi connectivity index (χ3v) is 3.19. The topological polar surface area (TPSA) is 94.3 Å². The van der Waals surface area contributed by atoms with Crippen LogP contribution in [0, 0.1) is 6.92 Å². The molecule has 2 N–H and O–H groups in total. The van der Waals surface area contributed by atoms with Crippen LogP contribution >= 0.6 is 0 Å². The second kappa shape index (κ2) is 6.86. The molecule has 0 fully saturated rings. The predicted molar refractivity (Wildman–Crippen MR) is 89.4 cm³/mol. The van der Waals surface area contributed by atoms with Crippen molar-refractivity contribution < 1.29 is 14.0 Å². The summed E-state index contributed by atoms with van der Waals surface area (Å²) in [6.07, 6.45) is 1.64. The van der Waals surface area contributed by atoms with E-state index in [1.54, 1.807) is 38.6 Å². The highest BCUT2D eigenvalue weighted by atomic mass is 16.5. The molecule has 0 amide bonds. The average Bonchev–Trinajstić information content (AvgIpc) is 3.00. The molecule has 0 saturated heterocycles. The number of nitrogens with zero attached hydrogens (tertiary/aromatic N) is 3. The van der Waals surface area contributed by atoms with Gasteiger partial charge in [-0.25, -0.2) is 4.98 Å². The van der Waals surface area contributed by atoms with Crippen molar-refractivity contribution in [3.05, 3.63) is 42.3 Å². The number of methoxy groups -OCH3 is 2. The van der Waals surface area contributed by atoms with E-state index in [9.17, 15) is 0 Å². The maximum absolute atomic E-state index is 5.35. The third-order valence-electron chi connectivity index (χ3n) is 3.19. The van der Waals surface area contributed by atoms with Crippen molar-refractivity contribution >= 4 is 23.3 Å². The smallest absolute Gasteiger partial charge is 0.229 e. The summed E-state index contributed by atoms with van der Waals surface area (Å²) in [6, 6.07) is 8.96. The minimum Gasteiger partial charge on any atom is -0.497 e. The Morgan fingerprint density at radius 2 is 1.88 bits per heavy atom. The van der Waals surface area contributed by atoms with E-state index < -0.39 is 0 Å². The standard InChI is InChI=1S/C16H17N5O3/c1-10-8-15(21-24-10)19-14-6-7-17-16(20-14)18-12-5-4-11(22-2)9-13(12)23-3/h4-9H,1-3H3,(H2,17,18,19,20,21). The van der Waals surface area contributed by atoms with Gasteiger partial charge in [-0.1, -0.05) is 5.16 Å². The van der Waals surface area contributed by atoms with Gasteiger partial charge in [0.15, 0.2) is 5.82 Å². The SMILES string of the molecule is COc1ccc(Nc2nccc(Nc3cc(C)on3)n2)c(OC)c1. The van der Waals surface area contributed by atoms with Crippen LogP contribution in [0.25, 0.3) is 0 Å². The number of hydrogen-bond donors (Lipinski definition) is 2. The van der Waals surface area contributed by atoms with Crippen LogP contribution < -0.4 is 20.1 Å². The van der Waals surface area contributed by atoms with Crippen LogP contribution in [-0.2, 0) is 0 Å². The van der Waals surface area contributed by atoms with Gasteiger partial charge in [0.05, 0.1) is 19.9 Å². The van der Waals surface area contributed by atoms with Crippen LogP contribution in [0.2, 0.25) is 0 Å². The number of aromatic nitrogens is 3. The van der Waals surface area contributed by atoms with Crippen LogP contribution in [0.1, 0.15) is 5.76 Å². The lowest BCUT2D eigenvalue weighted by Crippen LogP contribution is -2.02. The fourth-order valence-electron chi connectivity index (χ4n) is 2.07. The number of aryl methyl sites for hydroxylation is 1. The van der Waals surface area contributed by atoms with E-state index in [4.69, 9.17) is 14.0 Å². The largest absolute Gasteiger partial charge is 0.497 e. The molecule has 8 heteroatoms. The van der Waals surface area contributed by atoms with Crippen LogP contribution in [0.3, 0.4) is 0 Å². The first-order chi connectivity index (χ1) is 11.7. The maximum Gasteiger partial charge on any atom is 0.229 e. The second-order valence-electron chi connectivity index (χ2n) is 4.90. The van der Waals surface area contributed by atoms with E-state index in [2.05, 4.69) is 25.8 Å². The molecule has 2 heterocycles. The molecule has 0 aliphatic rings. The van der Waals surface area contributed by atoms with Crippen LogP contribution in [-0.4, -0.2) is 29.3 Å². The molecule has 0 atom stereocenters. The Morgan fingerprint density at radius 3 is 2.58 bits per heavy atom. The zero-order valence-electron chi connectivity index (χ0n) is 13.5. The zero-order valence-corrected chi connectivity index (χ0v) is 13.5. The van der Waals surface area contributed by atoms with Gasteiger partial charge in [-0.05, 0) is 25.1 Å². The Balaban J connectivity index is 1.79. The highest BCUT2D eigenvalue weighted by Gasteiger charge is 2.08. The van der Waals surface area contributed by atoms with Crippen molar-refractivity contribution in [2.45, 2.75) is 6.92 Å². The zero-order chi connectivity index (χ0) is 16.9. The fraction of sp³-hybridized carbons (Fsp3) is 0.188. The van der Waals surface area contributed by atoms with Crippen molar-refractivity contribution in [1.82, 2.24) is 15.1 Å². The number of hydrogen-bond acceptors (Lipinski definition) is 8.